The molecule has 7 heteroatoms. The first-order valence-electron chi connectivity index (χ1n) is 11.4. The minimum atomic E-state index is -0.624. The average Bonchev–Trinajstić information content (AvgIpc) is 2.87. The molecule has 4 aromatic rings. The topological polar surface area (TPSA) is 69.0 Å². The number of fused-ring (bicyclic) bond motifs is 2. The van der Waals surface area contributed by atoms with Gasteiger partial charge in [-0.05, 0) is 42.3 Å². The van der Waals surface area contributed by atoms with E-state index in [-0.39, 0.29) is 11.5 Å². The van der Waals surface area contributed by atoms with Gasteiger partial charge in [0.1, 0.15) is 11.9 Å². The molecule has 1 aliphatic heterocycles. The predicted molar refractivity (Wildman–Crippen MR) is 135 cm³/mol. The molecule has 5 rings (SSSR count). The number of hydrogen-bond acceptors (Lipinski definition) is 4. The minimum absolute atomic E-state index is 0.122. The molecule has 0 aliphatic carbocycles. The summed E-state index contributed by atoms with van der Waals surface area (Å²) in [5, 5.41) is 13.3. The highest BCUT2D eigenvalue weighted by Crippen LogP contribution is 2.31. The highest BCUT2D eigenvalue weighted by molar-refractivity contribution is 6.31. The maximum Gasteiger partial charge on any atom is 0.256 e. The van der Waals surface area contributed by atoms with Crippen LogP contribution in [0.2, 0.25) is 5.02 Å². The number of pyridine rings is 1. The second-order valence-electron chi connectivity index (χ2n) is 8.60. The highest BCUT2D eigenvalue weighted by Gasteiger charge is 2.26. The van der Waals surface area contributed by atoms with Gasteiger partial charge in [-0.2, -0.15) is 5.26 Å². The van der Waals surface area contributed by atoms with Gasteiger partial charge in [-0.3, -0.25) is 14.7 Å². The molecule has 35 heavy (non-hydrogen) atoms. The van der Waals surface area contributed by atoms with Crippen LogP contribution in [0.3, 0.4) is 0 Å². The zero-order chi connectivity index (χ0) is 24.4. The number of amides is 1. The van der Waals surface area contributed by atoms with Gasteiger partial charge in [0, 0.05) is 53.4 Å². The smallest absolute Gasteiger partial charge is 0.256 e. The Morgan fingerprint density at radius 3 is 2.77 bits per heavy atom. The second-order valence-corrected chi connectivity index (χ2v) is 9.03. The van der Waals surface area contributed by atoms with Crippen LogP contribution < -0.4 is 5.32 Å². The summed E-state index contributed by atoms with van der Waals surface area (Å²) in [6, 6.07) is 21.4. The van der Waals surface area contributed by atoms with Crippen molar-refractivity contribution in [3.05, 3.63) is 106 Å². The third-order valence-electron chi connectivity index (χ3n) is 6.31. The van der Waals surface area contributed by atoms with Crippen molar-refractivity contribution in [1.82, 2.24) is 9.88 Å². The lowest BCUT2D eigenvalue weighted by atomic mass is 9.94. The van der Waals surface area contributed by atoms with Crippen LogP contribution in [-0.2, 0) is 19.4 Å². The largest absolute Gasteiger partial charge is 0.322 e. The van der Waals surface area contributed by atoms with E-state index in [9.17, 15) is 9.18 Å². The number of anilines is 1. The van der Waals surface area contributed by atoms with Crippen LogP contribution >= 0.6 is 11.6 Å². The third kappa shape index (κ3) is 4.88. The summed E-state index contributed by atoms with van der Waals surface area (Å²) in [4.78, 5) is 20.8. The van der Waals surface area contributed by atoms with Gasteiger partial charge in [0.15, 0.2) is 0 Å². The molecule has 0 spiro atoms. The predicted octanol–water partition coefficient (Wildman–Crippen LogP) is 5.75. The minimum Gasteiger partial charge on any atom is -0.322 e. The van der Waals surface area contributed by atoms with Crippen LogP contribution in [0.4, 0.5) is 10.1 Å². The lowest BCUT2D eigenvalue weighted by Gasteiger charge is -2.30. The van der Waals surface area contributed by atoms with E-state index in [0.29, 0.717) is 33.7 Å². The van der Waals surface area contributed by atoms with E-state index in [2.05, 4.69) is 22.3 Å². The van der Waals surface area contributed by atoms with Crippen molar-refractivity contribution in [2.24, 2.45) is 0 Å². The number of hydrogen-bond donors (Lipinski definition) is 1. The van der Waals surface area contributed by atoms with Gasteiger partial charge in [-0.1, -0.05) is 48.0 Å². The van der Waals surface area contributed by atoms with Gasteiger partial charge in [-0.25, -0.2) is 4.39 Å². The number of nitrogens with zero attached hydrogens (tertiary/aromatic N) is 3. The van der Waals surface area contributed by atoms with E-state index in [0.717, 1.165) is 37.2 Å². The summed E-state index contributed by atoms with van der Waals surface area (Å²) < 4.78 is 13.8. The summed E-state index contributed by atoms with van der Waals surface area (Å²) in [5.74, 6) is -0.947. The van der Waals surface area contributed by atoms with E-state index in [1.54, 1.807) is 12.1 Å². The monoisotopic (exact) mass is 484 g/mol. The summed E-state index contributed by atoms with van der Waals surface area (Å²) in [6.45, 7) is 2.32. The Balaban J connectivity index is 1.49. The normalized spacial score (nSPS) is 13.3. The molecule has 1 aliphatic rings. The molecule has 2 heterocycles. The van der Waals surface area contributed by atoms with Crippen molar-refractivity contribution < 1.29 is 9.18 Å². The molecular weight excluding hydrogens is 463 g/mol. The van der Waals surface area contributed by atoms with Gasteiger partial charge >= 0.3 is 0 Å². The third-order valence-corrected chi connectivity index (χ3v) is 6.55. The molecule has 0 radical (unpaired) electrons. The zero-order valence-corrected chi connectivity index (χ0v) is 19.6. The molecule has 0 saturated carbocycles. The quantitative estimate of drug-likeness (QED) is 0.391. The molecule has 0 unspecified atom stereocenters. The Bertz CT molecular complexity index is 1470. The molecule has 5 nitrogen and oxygen atoms in total. The van der Waals surface area contributed by atoms with Gasteiger partial charge in [0.25, 0.3) is 5.91 Å². The van der Waals surface area contributed by atoms with Gasteiger partial charge in [-0.15, -0.1) is 0 Å². The Morgan fingerprint density at radius 1 is 1.14 bits per heavy atom. The summed E-state index contributed by atoms with van der Waals surface area (Å²) in [5.41, 5.74) is 4.48. The Morgan fingerprint density at radius 2 is 1.97 bits per heavy atom. The van der Waals surface area contributed by atoms with Crippen LogP contribution in [-0.4, -0.2) is 28.9 Å². The molecule has 174 valence electrons. The number of aromatic nitrogens is 1. The van der Waals surface area contributed by atoms with Crippen molar-refractivity contribution in [2.45, 2.75) is 19.4 Å². The number of nitriles is 1. The zero-order valence-electron chi connectivity index (χ0n) is 18.9. The standard InChI is InChI=1S/C28H22ClFN4O/c29-20-6-8-22-26(15-20)33-25-11-13-34(12-10-18-4-2-1-3-5-18)17-23(25)27(22)28(35)32-21-7-9-24(30)19(14-21)16-31/h1-9,14-15H,10-13,17H2,(H,32,35). The Hall–Kier alpha value is -3.79. The van der Waals surface area contributed by atoms with E-state index >= 15 is 0 Å². The van der Waals surface area contributed by atoms with Crippen LogP contribution in [0.25, 0.3) is 10.9 Å². The van der Waals surface area contributed by atoms with Gasteiger partial charge in [0.2, 0.25) is 0 Å². The molecular formula is C28H22ClFN4O. The average molecular weight is 485 g/mol. The maximum atomic E-state index is 13.8. The lowest BCUT2D eigenvalue weighted by Crippen LogP contribution is -2.34. The van der Waals surface area contributed by atoms with Gasteiger partial charge in [0.05, 0.1) is 16.6 Å². The first kappa shape index (κ1) is 23.0. The van der Waals surface area contributed by atoms with Crippen molar-refractivity contribution in [2.75, 3.05) is 18.4 Å². The fraction of sp³-hybridized carbons (Fsp3) is 0.179. The van der Waals surface area contributed by atoms with Crippen LogP contribution in [0.1, 0.15) is 32.7 Å². The van der Waals surface area contributed by atoms with Crippen LogP contribution in [0.5, 0.6) is 0 Å². The Kier molecular flexibility index (Phi) is 6.45. The van der Waals surface area contributed by atoms with Crippen molar-refractivity contribution in [3.8, 4) is 6.07 Å². The van der Waals surface area contributed by atoms with E-state index < -0.39 is 5.82 Å². The molecule has 0 saturated heterocycles. The molecule has 1 amide bonds. The van der Waals surface area contributed by atoms with Crippen LogP contribution in [0, 0.1) is 17.1 Å². The molecule has 3 aromatic carbocycles. The van der Waals surface area contributed by atoms with Crippen molar-refractivity contribution in [1.29, 1.82) is 5.26 Å². The van der Waals surface area contributed by atoms with E-state index in [1.165, 1.54) is 23.8 Å². The first-order valence-corrected chi connectivity index (χ1v) is 11.8. The molecule has 0 fully saturated rings. The molecule has 1 N–H and O–H groups in total. The Labute approximate surface area is 207 Å². The lowest BCUT2D eigenvalue weighted by molar-refractivity contribution is 0.102. The molecule has 0 bridgehead atoms. The number of nitrogens with one attached hydrogen (secondary N) is 1. The summed E-state index contributed by atoms with van der Waals surface area (Å²) in [7, 11) is 0. The number of benzene rings is 3. The van der Waals surface area contributed by atoms with Crippen molar-refractivity contribution >= 4 is 34.1 Å². The highest BCUT2D eigenvalue weighted by atomic mass is 35.5. The van der Waals surface area contributed by atoms with Gasteiger partial charge < -0.3 is 5.32 Å². The summed E-state index contributed by atoms with van der Waals surface area (Å²) in [6.07, 6.45) is 1.64. The maximum absolute atomic E-state index is 13.8. The van der Waals surface area contributed by atoms with Crippen LogP contribution in [0.15, 0.2) is 66.7 Å². The fourth-order valence-electron chi connectivity index (χ4n) is 4.54. The van der Waals surface area contributed by atoms with E-state index in [1.807, 2.05) is 30.3 Å². The second kappa shape index (κ2) is 9.83. The first-order chi connectivity index (χ1) is 17.0. The molecule has 1 aromatic heterocycles. The number of rotatable bonds is 5. The number of carbonyl (C=O) groups excluding carboxylic acids is 1. The van der Waals surface area contributed by atoms with E-state index in [4.69, 9.17) is 21.8 Å². The fourth-order valence-corrected chi connectivity index (χ4v) is 4.70. The number of halogens is 2. The number of carbonyl (C=O) groups is 1. The summed E-state index contributed by atoms with van der Waals surface area (Å²) >= 11 is 6.22. The SMILES string of the molecule is N#Cc1cc(NC(=O)c2c3c(nc4cc(Cl)ccc24)CCN(CCc2ccccc2)C3)ccc1F. The van der Waals surface area contributed by atoms with Crippen molar-refractivity contribution in [3.63, 3.8) is 0 Å². The molecule has 0 atom stereocenters.